The van der Waals surface area contributed by atoms with Gasteiger partial charge in [-0.05, 0) is 80.3 Å². The number of carbonyl (C=O) groups excluding carboxylic acids is 3. The van der Waals surface area contributed by atoms with Crippen LogP contribution in [0.5, 0.6) is 0 Å². The van der Waals surface area contributed by atoms with Crippen LogP contribution in [0.4, 0.5) is 11.4 Å². The summed E-state index contributed by atoms with van der Waals surface area (Å²) in [6.07, 6.45) is 2.40. The van der Waals surface area contributed by atoms with Gasteiger partial charge in [0.1, 0.15) is 0 Å². The number of ether oxygens (including phenoxy) is 2. The number of aliphatic hydroxyl groups excluding tert-OH is 1. The minimum absolute atomic E-state index is 0.0533. The lowest BCUT2D eigenvalue weighted by molar-refractivity contribution is -0.165. The molecule has 212 valence electrons. The molecule has 0 saturated heterocycles. The first-order chi connectivity index (χ1) is 19.8. The second kappa shape index (κ2) is 12.3. The average Bonchev–Trinajstić information content (AvgIpc) is 3.21. The molecule has 5 rings (SSSR count). The van der Waals surface area contributed by atoms with E-state index in [4.69, 9.17) is 21.1 Å². The third-order valence-corrected chi connectivity index (χ3v) is 7.60. The molecule has 0 spiro atoms. The molecule has 0 radical (unpaired) electrons. The lowest BCUT2D eigenvalue weighted by atomic mass is 9.80. The third-order valence-electron chi connectivity index (χ3n) is 7.36. The van der Waals surface area contributed by atoms with E-state index in [1.54, 1.807) is 37.3 Å². The van der Waals surface area contributed by atoms with Crippen LogP contribution in [0.25, 0.3) is 0 Å². The van der Waals surface area contributed by atoms with E-state index in [2.05, 4.69) is 5.32 Å². The predicted molar refractivity (Wildman–Crippen MR) is 156 cm³/mol. The quantitative estimate of drug-likeness (QED) is 0.311. The predicted octanol–water partition coefficient (Wildman–Crippen LogP) is 5.84. The molecule has 3 amide bonds. The Bertz CT molecular complexity index is 1510. The second-order valence-corrected chi connectivity index (χ2v) is 10.5. The molecular formula is C32H31ClN2O6. The number of aryl methyl sites for hydroxylation is 1. The number of benzene rings is 3. The lowest BCUT2D eigenvalue weighted by Crippen LogP contribution is -2.37. The van der Waals surface area contributed by atoms with Crippen LogP contribution in [0.1, 0.15) is 57.5 Å². The number of imide groups is 1. The number of amides is 3. The van der Waals surface area contributed by atoms with Gasteiger partial charge in [0.2, 0.25) is 6.29 Å². The van der Waals surface area contributed by atoms with Crippen molar-refractivity contribution in [2.45, 2.75) is 38.9 Å². The van der Waals surface area contributed by atoms with Crippen LogP contribution in [0.15, 0.2) is 78.6 Å². The van der Waals surface area contributed by atoms with Gasteiger partial charge in [0.25, 0.3) is 17.7 Å². The van der Waals surface area contributed by atoms with Gasteiger partial charge >= 0.3 is 0 Å². The molecule has 3 aromatic carbocycles. The van der Waals surface area contributed by atoms with Crippen molar-refractivity contribution in [1.29, 1.82) is 0 Å². The highest BCUT2D eigenvalue weighted by atomic mass is 35.5. The first-order valence-corrected chi connectivity index (χ1v) is 14.0. The molecule has 8 nitrogen and oxygen atoms in total. The van der Waals surface area contributed by atoms with Gasteiger partial charge in [-0.1, -0.05) is 41.9 Å². The van der Waals surface area contributed by atoms with Gasteiger partial charge in [-0.25, -0.2) is 4.90 Å². The summed E-state index contributed by atoms with van der Waals surface area (Å²) in [5.74, 6) is -1.42. The summed E-state index contributed by atoms with van der Waals surface area (Å²) in [6.45, 7) is 4.09. The number of anilines is 2. The highest BCUT2D eigenvalue weighted by Gasteiger charge is 2.39. The topological polar surface area (TPSA) is 105 Å². The molecule has 9 heteroatoms. The number of rotatable bonds is 9. The number of carbonyl (C=O) groups is 3. The minimum atomic E-state index is -0.658. The van der Waals surface area contributed by atoms with E-state index in [0.717, 1.165) is 10.5 Å². The van der Waals surface area contributed by atoms with Crippen molar-refractivity contribution in [3.8, 4) is 0 Å². The summed E-state index contributed by atoms with van der Waals surface area (Å²) in [6, 6.07) is 19.4. The zero-order valence-electron chi connectivity index (χ0n) is 22.8. The summed E-state index contributed by atoms with van der Waals surface area (Å²) >= 11 is 6.04. The largest absolute Gasteiger partial charge is 0.459 e. The van der Waals surface area contributed by atoms with Crippen molar-refractivity contribution in [2.24, 2.45) is 5.92 Å². The minimum Gasteiger partial charge on any atom is -0.459 e. The fourth-order valence-electron chi connectivity index (χ4n) is 5.43. The number of hydrogen-bond acceptors (Lipinski definition) is 6. The zero-order valence-corrected chi connectivity index (χ0v) is 23.6. The monoisotopic (exact) mass is 574 g/mol. The molecular weight excluding hydrogens is 544 g/mol. The SMILES string of the molecule is CCO[C@H]1OC(C(=O)Nc2ccc(N3C(=O)c4ccc(Cl)cc4C3=O)c(C)c2)=C[C@@H](c2ccccc2)[C@H]1CCCO. The number of nitrogens with zero attached hydrogens (tertiary/aromatic N) is 1. The molecule has 0 fully saturated rings. The Labute approximate surface area is 243 Å². The van der Waals surface area contributed by atoms with Crippen LogP contribution in [0.3, 0.4) is 0 Å². The van der Waals surface area contributed by atoms with Gasteiger partial charge in [0.15, 0.2) is 5.76 Å². The molecule has 3 aromatic rings. The highest BCUT2D eigenvalue weighted by Crippen LogP contribution is 2.40. The molecule has 0 aromatic heterocycles. The van der Waals surface area contributed by atoms with Gasteiger partial charge in [-0.2, -0.15) is 0 Å². The van der Waals surface area contributed by atoms with Crippen molar-refractivity contribution < 1.29 is 29.0 Å². The molecule has 2 aliphatic rings. The summed E-state index contributed by atoms with van der Waals surface area (Å²) in [7, 11) is 0. The average molecular weight is 575 g/mol. The first-order valence-electron chi connectivity index (χ1n) is 13.6. The number of fused-ring (bicyclic) bond motifs is 1. The van der Waals surface area contributed by atoms with Crippen LogP contribution < -0.4 is 10.2 Å². The molecule has 0 unspecified atom stereocenters. The van der Waals surface area contributed by atoms with Crippen molar-refractivity contribution in [2.75, 3.05) is 23.4 Å². The maximum absolute atomic E-state index is 13.4. The normalized spacial score (nSPS) is 20.0. The maximum atomic E-state index is 13.4. The Morgan fingerprint density at radius 3 is 2.51 bits per heavy atom. The van der Waals surface area contributed by atoms with Crippen molar-refractivity contribution >= 4 is 40.7 Å². The smallest absolute Gasteiger partial charge is 0.290 e. The van der Waals surface area contributed by atoms with Gasteiger partial charge < -0.3 is 19.9 Å². The van der Waals surface area contributed by atoms with Gasteiger partial charge in [0.05, 0.1) is 16.8 Å². The van der Waals surface area contributed by atoms with Crippen molar-refractivity contribution in [3.05, 3.63) is 106 Å². The van der Waals surface area contributed by atoms with E-state index in [0.29, 0.717) is 47.0 Å². The number of allylic oxidation sites excluding steroid dienone is 1. The third kappa shape index (κ3) is 5.77. The molecule has 3 atom stereocenters. The Morgan fingerprint density at radius 1 is 1.05 bits per heavy atom. The van der Waals surface area contributed by atoms with Crippen LogP contribution in [0, 0.1) is 12.8 Å². The molecule has 2 N–H and O–H groups in total. The first kappa shape index (κ1) is 28.5. The maximum Gasteiger partial charge on any atom is 0.290 e. The Hall–Kier alpha value is -3.98. The fraction of sp³-hybridized carbons (Fsp3) is 0.281. The standard InChI is InChI=1S/C32H31ClN2O6/c1-3-40-32-24(10-7-15-36)25(20-8-5-4-6-9-20)18-28(41-32)29(37)34-22-12-14-27(19(2)16-22)35-30(38)23-13-11-21(33)17-26(23)31(35)39/h4-6,8-9,11-14,16-18,24-25,32,36H,3,7,10,15H2,1-2H3,(H,34,37)/t24-,25+,32+/m1/s1. The lowest BCUT2D eigenvalue weighted by Gasteiger charge is -2.37. The summed E-state index contributed by atoms with van der Waals surface area (Å²) < 4.78 is 12.0. The van der Waals surface area contributed by atoms with E-state index in [1.165, 1.54) is 6.07 Å². The van der Waals surface area contributed by atoms with Gasteiger partial charge in [0, 0.05) is 35.8 Å². The summed E-state index contributed by atoms with van der Waals surface area (Å²) in [5, 5.41) is 12.7. The Balaban J connectivity index is 1.39. The fourth-order valence-corrected chi connectivity index (χ4v) is 5.60. The van der Waals surface area contributed by atoms with E-state index in [1.807, 2.05) is 43.3 Å². The number of hydrogen-bond donors (Lipinski definition) is 2. The molecule has 0 bridgehead atoms. The van der Waals surface area contributed by atoms with E-state index < -0.39 is 24.0 Å². The summed E-state index contributed by atoms with van der Waals surface area (Å²) in [5.41, 5.74) is 3.11. The number of halogens is 1. The zero-order chi connectivity index (χ0) is 29.1. The van der Waals surface area contributed by atoms with E-state index >= 15 is 0 Å². The second-order valence-electron chi connectivity index (χ2n) is 10.0. The molecule has 2 heterocycles. The molecule has 0 aliphatic carbocycles. The van der Waals surface area contributed by atoms with Gasteiger partial charge in [-0.3, -0.25) is 14.4 Å². The van der Waals surface area contributed by atoms with Crippen LogP contribution in [-0.2, 0) is 14.3 Å². The van der Waals surface area contributed by atoms with Gasteiger partial charge in [-0.15, -0.1) is 0 Å². The highest BCUT2D eigenvalue weighted by molar-refractivity contribution is 6.37. The molecule has 2 aliphatic heterocycles. The van der Waals surface area contributed by atoms with Crippen molar-refractivity contribution in [1.82, 2.24) is 0 Å². The van der Waals surface area contributed by atoms with Crippen molar-refractivity contribution in [3.63, 3.8) is 0 Å². The molecule has 0 saturated carbocycles. The van der Waals surface area contributed by atoms with E-state index in [9.17, 15) is 19.5 Å². The number of nitrogens with one attached hydrogen (secondary N) is 1. The van der Waals surface area contributed by atoms with Crippen LogP contribution >= 0.6 is 11.6 Å². The summed E-state index contributed by atoms with van der Waals surface area (Å²) in [4.78, 5) is 40.6. The number of aliphatic hydroxyl groups is 1. The van der Waals surface area contributed by atoms with E-state index in [-0.39, 0.29) is 29.8 Å². The molecule has 41 heavy (non-hydrogen) atoms. The van der Waals surface area contributed by atoms with Crippen LogP contribution in [-0.4, -0.2) is 42.3 Å². The Morgan fingerprint density at radius 2 is 1.80 bits per heavy atom. The Kier molecular flexibility index (Phi) is 8.54. The van der Waals surface area contributed by atoms with Crippen LogP contribution in [0.2, 0.25) is 5.02 Å².